The molecule has 0 aromatic heterocycles. The number of sulfonamides is 1. The highest BCUT2D eigenvalue weighted by Crippen LogP contribution is 2.36. The summed E-state index contributed by atoms with van der Waals surface area (Å²) in [6, 6.07) is 11.6. The summed E-state index contributed by atoms with van der Waals surface area (Å²) in [6.45, 7) is 1.66. The number of carbonyl (C=O) groups is 2. The van der Waals surface area contributed by atoms with E-state index in [-0.39, 0.29) is 31.6 Å². The molecule has 0 saturated carbocycles. The standard InChI is InChI=1S/C20H23N3O6S/c1-14(24)21-15-5-7-16(8-6-15)22-20(25)4-3-11-23(30(2,26)27)17-9-10-18-19(12-17)29-13-28-18/h5-10,12H,3-4,11,13H2,1-2H3,(H,21,24)(H,22,25). The first-order valence-electron chi connectivity index (χ1n) is 9.27. The summed E-state index contributed by atoms with van der Waals surface area (Å²) >= 11 is 0. The second-order valence-electron chi connectivity index (χ2n) is 6.78. The van der Waals surface area contributed by atoms with Crippen molar-refractivity contribution in [1.29, 1.82) is 0 Å². The SMILES string of the molecule is CC(=O)Nc1ccc(NC(=O)CCCN(c2ccc3c(c2)OCO3)S(C)(=O)=O)cc1. The first kappa shape index (κ1) is 21.4. The molecule has 2 aromatic carbocycles. The lowest BCUT2D eigenvalue weighted by Gasteiger charge is -2.22. The van der Waals surface area contributed by atoms with E-state index >= 15 is 0 Å². The fourth-order valence-electron chi connectivity index (χ4n) is 2.97. The van der Waals surface area contributed by atoms with Crippen molar-refractivity contribution in [3.05, 3.63) is 42.5 Å². The second-order valence-corrected chi connectivity index (χ2v) is 8.69. The molecule has 9 nitrogen and oxygen atoms in total. The Kier molecular flexibility index (Phi) is 6.46. The predicted octanol–water partition coefficient (Wildman–Crippen LogP) is 2.56. The number of nitrogens with one attached hydrogen (secondary N) is 2. The summed E-state index contributed by atoms with van der Waals surface area (Å²) in [6.07, 6.45) is 1.59. The number of anilines is 3. The lowest BCUT2D eigenvalue weighted by atomic mass is 10.2. The first-order valence-corrected chi connectivity index (χ1v) is 11.1. The van der Waals surface area contributed by atoms with Gasteiger partial charge in [-0.15, -0.1) is 0 Å². The van der Waals surface area contributed by atoms with Gasteiger partial charge in [-0.25, -0.2) is 8.42 Å². The van der Waals surface area contributed by atoms with Crippen LogP contribution < -0.4 is 24.4 Å². The number of nitrogens with zero attached hydrogens (tertiary/aromatic N) is 1. The van der Waals surface area contributed by atoms with Crippen molar-refractivity contribution in [1.82, 2.24) is 0 Å². The Balaban J connectivity index is 1.56. The van der Waals surface area contributed by atoms with E-state index in [9.17, 15) is 18.0 Å². The Hall–Kier alpha value is -3.27. The van der Waals surface area contributed by atoms with Crippen molar-refractivity contribution < 1.29 is 27.5 Å². The normalized spacial score (nSPS) is 12.3. The van der Waals surface area contributed by atoms with E-state index in [1.165, 1.54) is 11.2 Å². The molecule has 0 saturated heterocycles. The number of hydrogen-bond donors (Lipinski definition) is 2. The van der Waals surface area contributed by atoms with Gasteiger partial charge in [0.05, 0.1) is 11.9 Å². The number of rotatable bonds is 8. The molecule has 1 heterocycles. The van der Waals surface area contributed by atoms with Crippen molar-refractivity contribution in [3.8, 4) is 11.5 Å². The van der Waals surface area contributed by atoms with Crippen LogP contribution in [0.4, 0.5) is 17.1 Å². The van der Waals surface area contributed by atoms with Crippen molar-refractivity contribution in [2.24, 2.45) is 0 Å². The molecule has 1 aliphatic rings. The number of carbonyl (C=O) groups excluding carboxylic acids is 2. The average Bonchev–Trinajstić information content (AvgIpc) is 3.13. The quantitative estimate of drug-likeness (QED) is 0.661. The zero-order valence-electron chi connectivity index (χ0n) is 16.7. The van der Waals surface area contributed by atoms with Gasteiger partial charge in [0.15, 0.2) is 11.5 Å². The topological polar surface area (TPSA) is 114 Å². The van der Waals surface area contributed by atoms with Gasteiger partial charge < -0.3 is 20.1 Å². The maximum atomic E-state index is 12.2. The third-order valence-corrected chi connectivity index (χ3v) is 5.49. The van der Waals surface area contributed by atoms with Crippen molar-refractivity contribution >= 4 is 38.9 Å². The minimum absolute atomic E-state index is 0.101. The van der Waals surface area contributed by atoms with Crippen LogP contribution in [0.2, 0.25) is 0 Å². The minimum atomic E-state index is -3.54. The molecule has 0 bridgehead atoms. The van der Waals surface area contributed by atoms with Gasteiger partial charge in [0.1, 0.15) is 0 Å². The highest BCUT2D eigenvalue weighted by molar-refractivity contribution is 7.92. The molecule has 0 spiro atoms. The van der Waals surface area contributed by atoms with Crippen molar-refractivity contribution in [3.63, 3.8) is 0 Å². The van der Waals surface area contributed by atoms with Gasteiger partial charge in [-0.1, -0.05) is 0 Å². The Morgan fingerprint density at radius 3 is 2.27 bits per heavy atom. The third-order valence-electron chi connectivity index (χ3n) is 4.30. The molecule has 160 valence electrons. The fourth-order valence-corrected chi connectivity index (χ4v) is 3.93. The zero-order valence-corrected chi connectivity index (χ0v) is 17.5. The number of hydrogen-bond acceptors (Lipinski definition) is 6. The molecular formula is C20H23N3O6S. The number of amides is 2. The Labute approximate surface area is 175 Å². The molecule has 10 heteroatoms. The summed E-state index contributed by atoms with van der Waals surface area (Å²) in [5.41, 5.74) is 1.67. The second kappa shape index (κ2) is 9.04. The predicted molar refractivity (Wildman–Crippen MR) is 113 cm³/mol. The molecule has 0 fully saturated rings. The summed E-state index contributed by atoms with van der Waals surface area (Å²) in [7, 11) is -3.54. The maximum absolute atomic E-state index is 12.2. The van der Waals surface area contributed by atoms with Crippen LogP contribution in [-0.2, 0) is 19.6 Å². The lowest BCUT2D eigenvalue weighted by Crippen LogP contribution is -2.31. The fraction of sp³-hybridized carbons (Fsp3) is 0.300. The molecule has 30 heavy (non-hydrogen) atoms. The molecule has 0 atom stereocenters. The van der Waals surface area contributed by atoms with E-state index in [0.717, 1.165) is 6.26 Å². The monoisotopic (exact) mass is 433 g/mol. The van der Waals surface area contributed by atoms with Crippen LogP contribution in [0.15, 0.2) is 42.5 Å². The van der Waals surface area contributed by atoms with E-state index < -0.39 is 10.0 Å². The first-order chi connectivity index (χ1) is 14.2. The molecule has 0 aliphatic carbocycles. The van der Waals surface area contributed by atoms with Crippen molar-refractivity contribution in [2.45, 2.75) is 19.8 Å². The highest BCUT2D eigenvalue weighted by atomic mass is 32.2. The Morgan fingerprint density at radius 2 is 1.63 bits per heavy atom. The number of ether oxygens (including phenoxy) is 2. The van der Waals surface area contributed by atoms with E-state index in [4.69, 9.17) is 9.47 Å². The molecule has 0 unspecified atom stereocenters. The number of fused-ring (bicyclic) bond motifs is 1. The van der Waals surface area contributed by atoms with Crippen molar-refractivity contribution in [2.75, 3.05) is 34.5 Å². The summed E-state index contributed by atoms with van der Waals surface area (Å²) in [5.74, 6) is 0.642. The van der Waals surface area contributed by atoms with E-state index in [1.807, 2.05) is 0 Å². The van der Waals surface area contributed by atoms with Crippen LogP contribution in [0.3, 0.4) is 0 Å². The molecule has 3 rings (SSSR count). The molecule has 0 radical (unpaired) electrons. The number of benzene rings is 2. The van der Waals surface area contributed by atoms with Gasteiger partial charge in [-0.05, 0) is 42.8 Å². The third kappa shape index (κ3) is 5.63. The highest BCUT2D eigenvalue weighted by Gasteiger charge is 2.21. The van der Waals surface area contributed by atoms with Crippen LogP contribution >= 0.6 is 0 Å². The van der Waals surface area contributed by atoms with E-state index in [2.05, 4.69) is 10.6 Å². The minimum Gasteiger partial charge on any atom is -0.454 e. The molecule has 1 aliphatic heterocycles. The van der Waals surface area contributed by atoms with Crippen LogP contribution in [0.5, 0.6) is 11.5 Å². The lowest BCUT2D eigenvalue weighted by molar-refractivity contribution is -0.116. The van der Waals surface area contributed by atoms with Crippen LogP contribution in [0.1, 0.15) is 19.8 Å². The van der Waals surface area contributed by atoms with Gasteiger partial charge in [-0.3, -0.25) is 13.9 Å². The average molecular weight is 433 g/mol. The summed E-state index contributed by atoms with van der Waals surface area (Å²) in [5, 5.41) is 5.40. The van der Waals surface area contributed by atoms with Crippen LogP contribution in [0, 0.1) is 0 Å². The van der Waals surface area contributed by atoms with E-state index in [0.29, 0.717) is 35.0 Å². The molecule has 2 N–H and O–H groups in total. The largest absolute Gasteiger partial charge is 0.454 e. The summed E-state index contributed by atoms with van der Waals surface area (Å²) < 4.78 is 36.3. The van der Waals surface area contributed by atoms with Gasteiger partial charge in [0.2, 0.25) is 28.6 Å². The van der Waals surface area contributed by atoms with Gasteiger partial charge >= 0.3 is 0 Å². The van der Waals surface area contributed by atoms with Crippen LogP contribution in [-0.4, -0.2) is 39.8 Å². The van der Waals surface area contributed by atoms with E-state index in [1.54, 1.807) is 42.5 Å². The maximum Gasteiger partial charge on any atom is 0.232 e. The Morgan fingerprint density at radius 1 is 1.00 bits per heavy atom. The zero-order chi connectivity index (χ0) is 21.7. The smallest absolute Gasteiger partial charge is 0.232 e. The molecule has 2 amide bonds. The van der Waals surface area contributed by atoms with Gasteiger partial charge in [0, 0.05) is 37.3 Å². The summed E-state index contributed by atoms with van der Waals surface area (Å²) in [4.78, 5) is 23.2. The Bertz CT molecular complexity index is 1040. The van der Waals surface area contributed by atoms with Gasteiger partial charge in [0.25, 0.3) is 0 Å². The molecular weight excluding hydrogens is 410 g/mol. The molecule has 2 aromatic rings. The van der Waals surface area contributed by atoms with Crippen LogP contribution in [0.25, 0.3) is 0 Å². The van der Waals surface area contributed by atoms with Gasteiger partial charge in [-0.2, -0.15) is 0 Å².